The minimum Gasteiger partial charge on any atom is -0.497 e. The summed E-state index contributed by atoms with van der Waals surface area (Å²) in [4.78, 5) is 20.6. The van der Waals surface area contributed by atoms with Crippen LogP contribution in [0.3, 0.4) is 0 Å². The van der Waals surface area contributed by atoms with Crippen LogP contribution in [0.4, 0.5) is 4.79 Å². The summed E-state index contributed by atoms with van der Waals surface area (Å²) in [6, 6.07) is 15.0. The van der Waals surface area contributed by atoms with E-state index in [1.165, 1.54) is 0 Å². The number of methoxy groups -OCH3 is 2. The molecule has 8 nitrogen and oxygen atoms in total. The van der Waals surface area contributed by atoms with Crippen LogP contribution in [0.2, 0.25) is 0 Å². The van der Waals surface area contributed by atoms with E-state index in [1.807, 2.05) is 61.7 Å². The van der Waals surface area contributed by atoms with Crippen LogP contribution in [-0.4, -0.2) is 54.7 Å². The van der Waals surface area contributed by atoms with Crippen molar-refractivity contribution in [2.75, 3.05) is 33.6 Å². The largest absolute Gasteiger partial charge is 0.497 e. The summed E-state index contributed by atoms with van der Waals surface area (Å²) in [5, 5.41) is 7.34. The standard InChI is InChI=1S/C25H28N4O4S/c1-16-21(24-27-23(28-33-24)18-8-12-20(34-4)13-9-18)22(17-6-10-19(32-3)11-7-17)26-25(30)29(16)14-5-15-31-2/h6-13,22H,5,14-15H2,1-4H3,(H,26,30). The van der Waals surface area contributed by atoms with Gasteiger partial charge in [-0.2, -0.15) is 4.98 Å². The number of ether oxygens (including phenoxy) is 2. The van der Waals surface area contributed by atoms with E-state index in [4.69, 9.17) is 19.0 Å². The van der Waals surface area contributed by atoms with Crippen molar-refractivity contribution in [3.63, 3.8) is 0 Å². The van der Waals surface area contributed by atoms with Gasteiger partial charge in [0.15, 0.2) is 0 Å². The molecule has 1 aromatic heterocycles. The molecule has 2 heterocycles. The predicted molar refractivity (Wildman–Crippen MR) is 132 cm³/mol. The Morgan fingerprint density at radius 3 is 2.50 bits per heavy atom. The number of carbonyl (C=O) groups excluding carboxylic acids is 1. The van der Waals surface area contributed by atoms with Gasteiger partial charge < -0.3 is 19.3 Å². The van der Waals surface area contributed by atoms with Crippen LogP contribution in [-0.2, 0) is 4.74 Å². The summed E-state index contributed by atoms with van der Waals surface area (Å²) >= 11 is 1.67. The first-order valence-corrected chi connectivity index (χ1v) is 12.2. The number of amides is 2. The zero-order valence-electron chi connectivity index (χ0n) is 19.7. The highest BCUT2D eigenvalue weighted by molar-refractivity contribution is 7.98. The number of rotatable bonds is 9. The van der Waals surface area contributed by atoms with E-state index in [1.54, 1.807) is 30.9 Å². The maximum Gasteiger partial charge on any atom is 0.322 e. The molecule has 0 fully saturated rings. The van der Waals surface area contributed by atoms with Crippen LogP contribution in [0.1, 0.15) is 30.8 Å². The van der Waals surface area contributed by atoms with Crippen molar-refractivity contribution in [3.05, 3.63) is 65.7 Å². The van der Waals surface area contributed by atoms with Crippen LogP contribution < -0.4 is 10.1 Å². The Morgan fingerprint density at radius 1 is 1.12 bits per heavy atom. The van der Waals surface area contributed by atoms with Gasteiger partial charge in [0.2, 0.25) is 5.82 Å². The maximum atomic E-state index is 13.0. The number of thioether (sulfide) groups is 1. The average molecular weight is 481 g/mol. The zero-order chi connectivity index (χ0) is 24.1. The number of carbonyl (C=O) groups is 1. The van der Waals surface area contributed by atoms with Gasteiger partial charge in [0.05, 0.1) is 18.7 Å². The number of aromatic nitrogens is 2. The molecule has 0 bridgehead atoms. The Balaban J connectivity index is 1.74. The molecule has 0 radical (unpaired) electrons. The smallest absolute Gasteiger partial charge is 0.322 e. The fourth-order valence-corrected chi connectivity index (χ4v) is 4.34. The molecule has 1 N–H and O–H groups in total. The Bertz CT molecular complexity index is 1160. The van der Waals surface area contributed by atoms with Crippen molar-refractivity contribution < 1.29 is 18.8 Å². The summed E-state index contributed by atoms with van der Waals surface area (Å²) in [7, 11) is 3.27. The van der Waals surface area contributed by atoms with Gasteiger partial charge in [-0.15, -0.1) is 11.8 Å². The monoisotopic (exact) mass is 480 g/mol. The lowest BCUT2D eigenvalue weighted by molar-refractivity contribution is 0.174. The minimum absolute atomic E-state index is 0.175. The molecule has 1 aliphatic heterocycles. The number of hydrogen-bond acceptors (Lipinski definition) is 7. The lowest BCUT2D eigenvalue weighted by atomic mass is 9.94. The topological polar surface area (TPSA) is 89.7 Å². The van der Waals surface area contributed by atoms with Gasteiger partial charge in [-0.1, -0.05) is 17.3 Å². The number of benzene rings is 2. The second-order valence-electron chi connectivity index (χ2n) is 7.80. The summed E-state index contributed by atoms with van der Waals surface area (Å²) in [5.74, 6) is 1.61. The normalized spacial score (nSPS) is 16.1. The van der Waals surface area contributed by atoms with Crippen molar-refractivity contribution in [2.45, 2.75) is 24.3 Å². The quantitative estimate of drug-likeness (QED) is 0.340. The van der Waals surface area contributed by atoms with Crippen LogP contribution in [0, 0.1) is 0 Å². The molecule has 34 heavy (non-hydrogen) atoms. The Hall–Kier alpha value is -3.30. The molecule has 0 spiro atoms. The molecule has 0 saturated carbocycles. The molecular weight excluding hydrogens is 452 g/mol. The molecule has 2 aromatic carbocycles. The molecule has 178 valence electrons. The first kappa shape index (κ1) is 23.8. The number of urea groups is 1. The molecule has 1 unspecified atom stereocenters. The number of hydrogen-bond donors (Lipinski definition) is 1. The number of allylic oxidation sites excluding steroid dienone is 1. The lowest BCUT2D eigenvalue weighted by Crippen LogP contribution is -2.46. The first-order valence-electron chi connectivity index (χ1n) is 11.0. The van der Waals surface area contributed by atoms with Gasteiger partial charge in [0.25, 0.3) is 5.89 Å². The van der Waals surface area contributed by atoms with Gasteiger partial charge in [-0.25, -0.2) is 4.79 Å². The molecule has 4 rings (SSSR count). The van der Waals surface area contributed by atoms with E-state index in [-0.39, 0.29) is 6.03 Å². The minimum atomic E-state index is -0.441. The van der Waals surface area contributed by atoms with Crippen molar-refractivity contribution in [3.8, 4) is 17.1 Å². The van der Waals surface area contributed by atoms with Crippen molar-refractivity contribution in [1.82, 2.24) is 20.4 Å². The van der Waals surface area contributed by atoms with Crippen LogP contribution >= 0.6 is 11.8 Å². The summed E-state index contributed by atoms with van der Waals surface area (Å²) in [6.07, 6.45) is 2.74. The third-order valence-corrected chi connectivity index (χ3v) is 6.52. The van der Waals surface area contributed by atoms with Gasteiger partial charge >= 0.3 is 6.03 Å². The maximum absolute atomic E-state index is 13.0. The highest BCUT2D eigenvalue weighted by Crippen LogP contribution is 2.38. The fraction of sp³-hybridized carbons (Fsp3) is 0.320. The van der Waals surface area contributed by atoms with E-state index in [2.05, 4.69) is 10.5 Å². The van der Waals surface area contributed by atoms with Gasteiger partial charge in [-0.3, -0.25) is 4.90 Å². The molecule has 1 atom stereocenters. The Labute approximate surface area is 203 Å². The Morgan fingerprint density at radius 2 is 1.85 bits per heavy atom. The summed E-state index contributed by atoms with van der Waals surface area (Å²) in [5.41, 5.74) is 3.29. The molecule has 2 amide bonds. The molecule has 0 aliphatic carbocycles. The molecule has 0 saturated heterocycles. The lowest BCUT2D eigenvalue weighted by Gasteiger charge is -2.35. The summed E-state index contributed by atoms with van der Waals surface area (Å²) < 4.78 is 16.2. The van der Waals surface area contributed by atoms with E-state index < -0.39 is 6.04 Å². The van der Waals surface area contributed by atoms with E-state index in [0.717, 1.165) is 33.0 Å². The van der Waals surface area contributed by atoms with Crippen molar-refractivity contribution in [2.24, 2.45) is 0 Å². The highest BCUT2D eigenvalue weighted by atomic mass is 32.2. The predicted octanol–water partition coefficient (Wildman–Crippen LogP) is 5.00. The van der Waals surface area contributed by atoms with Gasteiger partial charge in [-0.05, 0) is 61.6 Å². The second-order valence-corrected chi connectivity index (χ2v) is 8.68. The highest BCUT2D eigenvalue weighted by Gasteiger charge is 2.35. The van der Waals surface area contributed by atoms with E-state index >= 15 is 0 Å². The zero-order valence-corrected chi connectivity index (χ0v) is 20.5. The molecule has 1 aliphatic rings. The van der Waals surface area contributed by atoms with Crippen LogP contribution in [0.25, 0.3) is 17.0 Å². The fourth-order valence-electron chi connectivity index (χ4n) is 3.93. The van der Waals surface area contributed by atoms with Gasteiger partial charge in [0.1, 0.15) is 5.75 Å². The number of nitrogens with zero attached hydrogens (tertiary/aromatic N) is 3. The third kappa shape index (κ3) is 4.95. The molecular formula is C25H28N4O4S. The van der Waals surface area contributed by atoms with Crippen molar-refractivity contribution in [1.29, 1.82) is 0 Å². The molecule has 3 aromatic rings. The van der Waals surface area contributed by atoms with Crippen molar-refractivity contribution >= 4 is 23.4 Å². The summed E-state index contributed by atoms with van der Waals surface area (Å²) in [6.45, 7) is 2.99. The average Bonchev–Trinajstić information content (AvgIpc) is 3.35. The van der Waals surface area contributed by atoms with E-state index in [0.29, 0.717) is 31.3 Å². The SMILES string of the molecule is COCCCN1C(=O)NC(c2ccc(OC)cc2)C(c2nc(-c3ccc(SC)cc3)no2)=C1C. The van der Waals surface area contributed by atoms with E-state index in [9.17, 15) is 4.79 Å². The first-order chi connectivity index (χ1) is 16.5. The molecule has 9 heteroatoms. The van der Waals surface area contributed by atoms with Gasteiger partial charge in [0, 0.05) is 36.4 Å². The number of nitrogens with one attached hydrogen (secondary N) is 1. The Kier molecular flexibility index (Phi) is 7.54. The van der Waals surface area contributed by atoms with Crippen LogP contribution in [0.5, 0.6) is 5.75 Å². The van der Waals surface area contributed by atoms with Crippen LogP contribution in [0.15, 0.2) is 63.6 Å². The third-order valence-electron chi connectivity index (χ3n) is 5.78. The second kappa shape index (κ2) is 10.8.